The third-order valence-electron chi connectivity index (χ3n) is 5.03. The number of carbonyl (C=O) groups excluding carboxylic acids is 3. The van der Waals surface area contributed by atoms with Crippen molar-refractivity contribution in [2.45, 2.75) is 32.2 Å². The van der Waals surface area contributed by atoms with Gasteiger partial charge in [0.1, 0.15) is 5.54 Å². The molecule has 1 aliphatic rings. The lowest BCUT2D eigenvalue weighted by Crippen LogP contribution is -2.41. The quantitative estimate of drug-likeness (QED) is 0.335. The van der Waals surface area contributed by atoms with Crippen LogP contribution in [0.1, 0.15) is 41.8 Å². The number of imide groups is 1. The van der Waals surface area contributed by atoms with Gasteiger partial charge in [-0.25, -0.2) is 4.79 Å². The molecule has 1 heterocycles. The van der Waals surface area contributed by atoms with Crippen molar-refractivity contribution in [3.63, 3.8) is 0 Å². The Balaban J connectivity index is 1.80. The van der Waals surface area contributed by atoms with Crippen molar-refractivity contribution >= 4 is 23.4 Å². The molecule has 1 N–H and O–H groups in total. The molecule has 0 saturated carbocycles. The first-order chi connectivity index (χ1) is 13.8. The van der Waals surface area contributed by atoms with E-state index in [1.165, 1.54) is 31.2 Å². The number of nitrogens with zero attached hydrogens (tertiary/aromatic N) is 2. The Labute approximate surface area is 167 Å². The maximum absolute atomic E-state index is 12.9. The minimum absolute atomic E-state index is 0.188. The lowest BCUT2D eigenvalue weighted by Gasteiger charge is -2.22. The second-order valence-electron chi connectivity index (χ2n) is 7.12. The number of hydrogen-bond donors (Lipinski definition) is 1. The number of hydrogen-bond acceptors (Lipinski definition) is 5. The van der Waals surface area contributed by atoms with Crippen LogP contribution in [0.2, 0.25) is 0 Å². The largest absolute Gasteiger partial charge is 0.325 e. The number of Topliss-reactive ketones (excluding diaryl/α,β-unsaturated/α-hetero) is 1. The fourth-order valence-electron chi connectivity index (χ4n) is 3.35. The maximum Gasteiger partial charge on any atom is 0.325 e. The molecule has 1 atom stereocenters. The van der Waals surface area contributed by atoms with E-state index in [1.54, 1.807) is 12.1 Å². The van der Waals surface area contributed by atoms with Crippen LogP contribution in [0.3, 0.4) is 0 Å². The number of ketones is 1. The highest BCUT2D eigenvalue weighted by Crippen LogP contribution is 2.31. The van der Waals surface area contributed by atoms with Gasteiger partial charge in [0.05, 0.1) is 11.5 Å². The SMILES string of the molecule is CCCc1ccc(C(=O)CN2C(=O)NC(C)(c3cccc([N+](=O)[O-])c3)C2=O)cc1. The first kappa shape index (κ1) is 20.2. The normalized spacial score (nSPS) is 18.6. The first-order valence-corrected chi connectivity index (χ1v) is 9.27. The van der Waals surface area contributed by atoms with Crippen LogP contribution < -0.4 is 5.32 Å². The van der Waals surface area contributed by atoms with E-state index in [9.17, 15) is 24.5 Å². The summed E-state index contributed by atoms with van der Waals surface area (Å²) >= 11 is 0. The minimum Gasteiger partial charge on any atom is -0.319 e. The average molecular weight is 395 g/mol. The second kappa shape index (κ2) is 7.83. The molecule has 1 fully saturated rings. The van der Waals surface area contributed by atoms with E-state index in [-0.39, 0.29) is 17.0 Å². The highest BCUT2D eigenvalue weighted by atomic mass is 16.6. The molecule has 0 bridgehead atoms. The molecule has 8 nitrogen and oxygen atoms in total. The molecule has 1 aliphatic heterocycles. The fraction of sp³-hybridized carbons (Fsp3) is 0.286. The molecule has 150 valence electrons. The number of urea groups is 1. The van der Waals surface area contributed by atoms with E-state index >= 15 is 0 Å². The monoisotopic (exact) mass is 395 g/mol. The Bertz CT molecular complexity index is 986. The average Bonchev–Trinajstić information content (AvgIpc) is 2.93. The zero-order chi connectivity index (χ0) is 21.2. The predicted octanol–water partition coefficient (Wildman–Crippen LogP) is 3.20. The number of nitrogens with one attached hydrogen (secondary N) is 1. The summed E-state index contributed by atoms with van der Waals surface area (Å²) in [6.07, 6.45) is 1.90. The summed E-state index contributed by atoms with van der Waals surface area (Å²) < 4.78 is 0. The van der Waals surface area contributed by atoms with Crippen LogP contribution in [0.15, 0.2) is 48.5 Å². The number of aryl methyl sites for hydroxylation is 1. The van der Waals surface area contributed by atoms with Crippen LogP contribution in [0, 0.1) is 10.1 Å². The Hall–Kier alpha value is -3.55. The van der Waals surface area contributed by atoms with Gasteiger partial charge in [0.15, 0.2) is 5.78 Å². The third kappa shape index (κ3) is 3.87. The Kier molecular flexibility index (Phi) is 5.45. The number of rotatable bonds is 7. The smallest absolute Gasteiger partial charge is 0.319 e. The van der Waals surface area contributed by atoms with Crippen molar-refractivity contribution in [1.82, 2.24) is 10.2 Å². The molecule has 8 heteroatoms. The van der Waals surface area contributed by atoms with Crippen LogP contribution in [-0.4, -0.2) is 34.1 Å². The summed E-state index contributed by atoms with van der Waals surface area (Å²) in [7, 11) is 0. The van der Waals surface area contributed by atoms with Gasteiger partial charge in [0, 0.05) is 17.7 Å². The molecule has 2 aromatic rings. The van der Waals surface area contributed by atoms with Gasteiger partial charge in [-0.15, -0.1) is 0 Å². The van der Waals surface area contributed by atoms with Crippen LogP contribution in [0.4, 0.5) is 10.5 Å². The van der Waals surface area contributed by atoms with Crippen molar-refractivity contribution in [3.8, 4) is 0 Å². The molecule has 1 unspecified atom stereocenters. The molecule has 1 saturated heterocycles. The van der Waals surface area contributed by atoms with Crippen molar-refractivity contribution < 1.29 is 19.3 Å². The van der Waals surface area contributed by atoms with Crippen LogP contribution in [0.25, 0.3) is 0 Å². The van der Waals surface area contributed by atoms with Crippen molar-refractivity contribution in [2.75, 3.05) is 6.54 Å². The topological polar surface area (TPSA) is 110 Å². The lowest BCUT2D eigenvalue weighted by molar-refractivity contribution is -0.385. The van der Waals surface area contributed by atoms with Gasteiger partial charge < -0.3 is 5.32 Å². The van der Waals surface area contributed by atoms with Gasteiger partial charge in [-0.3, -0.25) is 24.6 Å². The zero-order valence-electron chi connectivity index (χ0n) is 16.2. The Morgan fingerprint density at radius 2 is 1.86 bits per heavy atom. The molecule has 0 spiro atoms. The number of nitro groups is 1. The van der Waals surface area contributed by atoms with Crippen molar-refractivity contribution in [3.05, 3.63) is 75.3 Å². The van der Waals surface area contributed by atoms with E-state index in [1.807, 2.05) is 12.1 Å². The van der Waals surface area contributed by atoms with Crippen LogP contribution in [0.5, 0.6) is 0 Å². The number of carbonyl (C=O) groups is 3. The fourth-order valence-corrected chi connectivity index (χ4v) is 3.35. The first-order valence-electron chi connectivity index (χ1n) is 9.27. The second-order valence-corrected chi connectivity index (χ2v) is 7.12. The van der Waals surface area contributed by atoms with Gasteiger partial charge in [0.25, 0.3) is 11.6 Å². The summed E-state index contributed by atoms with van der Waals surface area (Å²) in [5, 5.41) is 13.6. The van der Waals surface area contributed by atoms with Gasteiger partial charge in [-0.2, -0.15) is 0 Å². The molecule has 0 radical (unpaired) electrons. The Morgan fingerprint density at radius 3 is 2.48 bits per heavy atom. The number of amides is 3. The summed E-state index contributed by atoms with van der Waals surface area (Å²) in [6.45, 7) is 3.13. The lowest BCUT2D eigenvalue weighted by atomic mass is 9.91. The van der Waals surface area contributed by atoms with Gasteiger partial charge in [-0.1, -0.05) is 49.7 Å². The molecular weight excluding hydrogens is 374 g/mol. The molecule has 0 aromatic heterocycles. The standard InChI is InChI=1S/C21H21N3O5/c1-3-5-14-8-10-15(11-9-14)18(25)13-23-19(26)21(2,22-20(23)27)16-6-4-7-17(12-16)24(28)29/h4,6-12H,3,5,13H2,1-2H3,(H,22,27). The summed E-state index contributed by atoms with van der Waals surface area (Å²) in [5.41, 5.74) is 0.136. The van der Waals surface area contributed by atoms with Crippen molar-refractivity contribution in [2.24, 2.45) is 0 Å². The van der Waals surface area contributed by atoms with E-state index in [2.05, 4.69) is 12.2 Å². The summed E-state index contributed by atoms with van der Waals surface area (Å²) in [4.78, 5) is 49.2. The molecule has 2 aromatic carbocycles. The van der Waals surface area contributed by atoms with E-state index in [0.717, 1.165) is 23.3 Å². The van der Waals surface area contributed by atoms with Gasteiger partial charge in [0.2, 0.25) is 0 Å². The third-order valence-corrected chi connectivity index (χ3v) is 5.03. The van der Waals surface area contributed by atoms with Crippen molar-refractivity contribution in [1.29, 1.82) is 0 Å². The van der Waals surface area contributed by atoms with Crippen LogP contribution in [-0.2, 0) is 16.8 Å². The highest BCUT2D eigenvalue weighted by Gasteiger charge is 2.49. The molecule has 0 aliphatic carbocycles. The van der Waals surface area contributed by atoms with E-state index < -0.39 is 28.9 Å². The molecule has 3 rings (SSSR count). The number of benzene rings is 2. The van der Waals surface area contributed by atoms with Gasteiger partial charge in [-0.05, 0) is 24.5 Å². The Morgan fingerprint density at radius 1 is 1.17 bits per heavy atom. The predicted molar refractivity (Wildman–Crippen MR) is 105 cm³/mol. The van der Waals surface area contributed by atoms with E-state index in [4.69, 9.17) is 0 Å². The highest BCUT2D eigenvalue weighted by molar-refractivity contribution is 6.11. The number of nitro benzene ring substituents is 1. The van der Waals surface area contributed by atoms with E-state index in [0.29, 0.717) is 5.56 Å². The number of non-ortho nitro benzene ring substituents is 1. The molecule has 3 amide bonds. The van der Waals surface area contributed by atoms with Crippen LogP contribution >= 0.6 is 0 Å². The molecular formula is C21H21N3O5. The minimum atomic E-state index is -1.48. The maximum atomic E-state index is 12.9. The van der Waals surface area contributed by atoms with Gasteiger partial charge >= 0.3 is 6.03 Å². The summed E-state index contributed by atoms with van der Waals surface area (Å²) in [6, 6.07) is 11.9. The summed E-state index contributed by atoms with van der Waals surface area (Å²) in [5.74, 6) is -0.987. The zero-order valence-corrected chi connectivity index (χ0v) is 16.2. The molecule has 29 heavy (non-hydrogen) atoms.